The van der Waals surface area contributed by atoms with Gasteiger partial charge in [0, 0.05) is 6.04 Å². The topological polar surface area (TPSA) is 38.0 Å². The molecule has 0 aliphatic carbocycles. The summed E-state index contributed by atoms with van der Waals surface area (Å²) in [7, 11) is 0. The highest BCUT2D eigenvalue weighted by molar-refractivity contribution is 7.80. The van der Waals surface area contributed by atoms with E-state index in [4.69, 9.17) is 18.0 Å². The molecule has 0 spiro atoms. The van der Waals surface area contributed by atoms with Crippen molar-refractivity contribution in [2.45, 2.75) is 64.8 Å². The molecule has 0 aromatic heterocycles. The number of thiocarbonyl (C=S) groups is 1. The molecule has 0 rings (SSSR count). The third-order valence-corrected chi connectivity index (χ3v) is 2.50. The van der Waals surface area contributed by atoms with Gasteiger partial charge in [-0.3, -0.25) is 0 Å². The lowest BCUT2D eigenvalue weighted by Crippen LogP contribution is -2.36. The second-order valence-corrected chi connectivity index (χ2v) is 4.41. The smallest absolute Gasteiger partial charge is 0.163 e. The highest BCUT2D eigenvalue weighted by Gasteiger charge is 2.00. The molecule has 14 heavy (non-hydrogen) atoms. The van der Waals surface area contributed by atoms with Crippen molar-refractivity contribution >= 4 is 17.3 Å². The number of rotatable bonds is 8. The van der Waals surface area contributed by atoms with Gasteiger partial charge in [0.1, 0.15) is 0 Å². The highest BCUT2D eigenvalue weighted by Crippen LogP contribution is 2.08. The second kappa shape index (κ2) is 9.25. The normalized spacial score (nSPS) is 12.4. The van der Waals surface area contributed by atoms with Crippen LogP contribution in [-0.4, -0.2) is 11.2 Å². The van der Waals surface area contributed by atoms with Crippen LogP contribution < -0.4 is 11.1 Å². The van der Waals surface area contributed by atoms with E-state index in [-0.39, 0.29) is 0 Å². The molecule has 1 unspecified atom stereocenters. The van der Waals surface area contributed by atoms with Gasteiger partial charge in [-0.15, -0.1) is 0 Å². The molecule has 0 aliphatic rings. The zero-order valence-electron chi connectivity index (χ0n) is 9.51. The largest absolute Gasteiger partial charge is 0.376 e. The molecule has 1 atom stereocenters. The number of nitrogens with one attached hydrogen (secondary N) is 1. The van der Waals surface area contributed by atoms with Gasteiger partial charge in [0.15, 0.2) is 5.11 Å². The lowest BCUT2D eigenvalue weighted by molar-refractivity contribution is 0.531. The van der Waals surface area contributed by atoms with Crippen LogP contribution in [-0.2, 0) is 0 Å². The van der Waals surface area contributed by atoms with Crippen LogP contribution in [0, 0.1) is 0 Å². The van der Waals surface area contributed by atoms with Gasteiger partial charge < -0.3 is 11.1 Å². The molecule has 0 bridgehead atoms. The molecular formula is C11H24N2S. The molecule has 0 fully saturated rings. The molecule has 3 N–H and O–H groups in total. The first-order chi connectivity index (χ1) is 6.66. The summed E-state index contributed by atoms with van der Waals surface area (Å²) in [5, 5.41) is 3.47. The summed E-state index contributed by atoms with van der Waals surface area (Å²) < 4.78 is 0. The fourth-order valence-corrected chi connectivity index (χ4v) is 1.75. The van der Waals surface area contributed by atoms with Crippen LogP contribution in [0.15, 0.2) is 0 Å². The number of nitrogens with two attached hydrogens (primary N) is 1. The monoisotopic (exact) mass is 216 g/mol. The molecule has 84 valence electrons. The molecule has 3 heteroatoms. The quantitative estimate of drug-likeness (QED) is 0.484. The maximum absolute atomic E-state index is 5.38. The van der Waals surface area contributed by atoms with E-state index in [2.05, 4.69) is 19.2 Å². The Hall–Kier alpha value is -0.310. The molecular weight excluding hydrogens is 192 g/mol. The Morgan fingerprint density at radius 2 is 1.79 bits per heavy atom. The van der Waals surface area contributed by atoms with Crippen molar-refractivity contribution in [3.63, 3.8) is 0 Å². The van der Waals surface area contributed by atoms with Crippen LogP contribution in [0.4, 0.5) is 0 Å². The van der Waals surface area contributed by atoms with Gasteiger partial charge in [0.25, 0.3) is 0 Å². The van der Waals surface area contributed by atoms with Gasteiger partial charge in [-0.05, 0) is 25.6 Å². The lowest BCUT2D eigenvalue weighted by Gasteiger charge is -2.12. The summed E-state index contributed by atoms with van der Waals surface area (Å²) in [6.07, 6.45) is 9.23. The van der Waals surface area contributed by atoms with Crippen molar-refractivity contribution in [2.24, 2.45) is 5.73 Å². The molecule has 0 radical (unpaired) electrons. The van der Waals surface area contributed by atoms with Crippen molar-refractivity contribution in [3.8, 4) is 0 Å². The number of hydrogen-bond donors (Lipinski definition) is 2. The van der Waals surface area contributed by atoms with Crippen LogP contribution in [0.5, 0.6) is 0 Å². The molecule has 0 aromatic rings. The van der Waals surface area contributed by atoms with Crippen molar-refractivity contribution < 1.29 is 0 Å². The fraction of sp³-hybridized carbons (Fsp3) is 0.909. The minimum Gasteiger partial charge on any atom is -0.376 e. The van der Waals surface area contributed by atoms with E-state index in [0.717, 1.165) is 0 Å². The van der Waals surface area contributed by atoms with Gasteiger partial charge in [-0.1, -0.05) is 45.4 Å². The van der Waals surface area contributed by atoms with Gasteiger partial charge in [-0.25, -0.2) is 0 Å². The molecule has 2 nitrogen and oxygen atoms in total. The summed E-state index contributed by atoms with van der Waals surface area (Å²) >= 11 is 4.77. The van der Waals surface area contributed by atoms with Crippen molar-refractivity contribution in [1.82, 2.24) is 5.32 Å². The summed E-state index contributed by atoms with van der Waals surface area (Å²) in [6, 6.07) is 0.429. The zero-order valence-corrected chi connectivity index (χ0v) is 10.3. The van der Waals surface area contributed by atoms with Crippen molar-refractivity contribution in [1.29, 1.82) is 0 Å². The minimum absolute atomic E-state index is 0.420. The third kappa shape index (κ3) is 9.78. The number of unbranched alkanes of at least 4 members (excludes halogenated alkanes) is 5. The summed E-state index contributed by atoms with van der Waals surface area (Å²) in [4.78, 5) is 0. The summed E-state index contributed by atoms with van der Waals surface area (Å²) in [5.74, 6) is 0. The highest BCUT2D eigenvalue weighted by atomic mass is 32.1. The molecule has 0 saturated heterocycles. The Kier molecular flexibility index (Phi) is 9.05. The Morgan fingerprint density at radius 3 is 2.36 bits per heavy atom. The maximum Gasteiger partial charge on any atom is 0.163 e. The number of hydrogen-bond acceptors (Lipinski definition) is 1. The molecule has 0 amide bonds. The SMILES string of the molecule is CCCCCCCCC(C)NC(N)=S. The zero-order chi connectivity index (χ0) is 10.8. The van der Waals surface area contributed by atoms with Crippen molar-refractivity contribution in [2.75, 3.05) is 0 Å². The van der Waals surface area contributed by atoms with Crippen LogP contribution in [0.2, 0.25) is 0 Å². The van der Waals surface area contributed by atoms with E-state index < -0.39 is 0 Å². The predicted octanol–water partition coefficient (Wildman–Crippen LogP) is 2.96. The average molecular weight is 216 g/mol. The first-order valence-electron chi connectivity index (χ1n) is 5.72. The van der Waals surface area contributed by atoms with Gasteiger partial charge in [-0.2, -0.15) is 0 Å². The summed E-state index contributed by atoms with van der Waals surface area (Å²) in [6.45, 7) is 4.37. The molecule has 0 heterocycles. The van der Waals surface area contributed by atoms with E-state index >= 15 is 0 Å². The van der Waals surface area contributed by atoms with E-state index in [1.54, 1.807) is 0 Å². The molecule has 0 saturated carbocycles. The standard InChI is InChI=1S/C11H24N2S/c1-3-4-5-6-7-8-9-10(2)13-11(12)14/h10H,3-9H2,1-2H3,(H3,12,13,14). The fourth-order valence-electron chi connectivity index (χ4n) is 1.55. The first kappa shape index (κ1) is 13.7. The van der Waals surface area contributed by atoms with Gasteiger partial charge in [0.2, 0.25) is 0 Å². The van der Waals surface area contributed by atoms with Crippen LogP contribution in [0.3, 0.4) is 0 Å². The maximum atomic E-state index is 5.38. The van der Waals surface area contributed by atoms with E-state index in [1.165, 1.54) is 44.9 Å². The Balaban J connectivity index is 3.14. The Morgan fingerprint density at radius 1 is 1.21 bits per heavy atom. The van der Waals surface area contributed by atoms with E-state index in [1.807, 2.05) is 0 Å². The van der Waals surface area contributed by atoms with Gasteiger partial charge in [0.05, 0.1) is 0 Å². The minimum atomic E-state index is 0.420. The average Bonchev–Trinajstić information content (AvgIpc) is 2.10. The Labute approximate surface area is 93.6 Å². The predicted molar refractivity (Wildman–Crippen MR) is 67.4 cm³/mol. The van der Waals surface area contributed by atoms with Gasteiger partial charge >= 0.3 is 0 Å². The lowest BCUT2D eigenvalue weighted by atomic mass is 10.1. The Bertz CT molecular complexity index is 148. The van der Waals surface area contributed by atoms with Crippen molar-refractivity contribution in [3.05, 3.63) is 0 Å². The van der Waals surface area contributed by atoms with Crippen LogP contribution in [0.1, 0.15) is 58.8 Å². The van der Waals surface area contributed by atoms with Crippen LogP contribution >= 0.6 is 12.2 Å². The molecule has 0 aromatic carbocycles. The van der Waals surface area contributed by atoms with E-state index in [0.29, 0.717) is 11.2 Å². The van der Waals surface area contributed by atoms with Crippen LogP contribution in [0.25, 0.3) is 0 Å². The summed E-state index contributed by atoms with van der Waals surface area (Å²) in [5.41, 5.74) is 5.38. The van der Waals surface area contributed by atoms with E-state index in [9.17, 15) is 0 Å². The molecule has 0 aliphatic heterocycles. The first-order valence-corrected chi connectivity index (χ1v) is 6.13. The second-order valence-electron chi connectivity index (χ2n) is 3.97. The third-order valence-electron chi connectivity index (χ3n) is 2.38.